The van der Waals surface area contributed by atoms with Crippen LogP contribution in [0.5, 0.6) is 0 Å². The summed E-state index contributed by atoms with van der Waals surface area (Å²) in [5, 5.41) is 0. The number of carbonyl (C=O) groups is 1. The third kappa shape index (κ3) is 1.07. The van der Waals surface area contributed by atoms with E-state index in [1.807, 2.05) is 0 Å². The average Bonchev–Trinajstić information content (AvgIpc) is 2.43. The Labute approximate surface area is 75.7 Å². The molecule has 2 aliphatic rings. The third-order valence-electron chi connectivity index (χ3n) is 3.38. The van der Waals surface area contributed by atoms with E-state index in [0.717, 1.165) is 6.42 Å². The molecule has 0 bridgehead atoms. The molecule has 2 fully saturated rings. The highest BCUT2D eigenvalue weighted by Gasteiger charge is 2.46. The van der Waals surface area contributed by atoms with Gasteiger partial charge in [0.05, 0.1) is 0 Å². The SMILES string of the molecule is CC1C(=O)CC2C(Br)CCC12. The predicted octanol–water partition coefficient (Wildman–Crippen LogP) is 2.39. The van der Waals surface area contributed by atoms with Gasteiger partial charge in [-0.25, -0.2) is 0 Å². The molecule has 0 aromatic carbocycles. The zero-order valence-electron chi connectivity index (χ0n) is 6.72. The van der Waals surface area contributed by atoms with Crippen LogP contribution in [0.2, 0.25) is 0 Å². The van der Waals surface area contributed by atoms with Gasteiger partial charge in [-0.1, -0.05) is 22.9 Å². The van der Waals surface area contributed by atoms with Gasteiger partial charge in [-0.15, -0.1) is 0 Å². The van der Waals surface area contributed by atoms with Crippen LogP contribution in [0.4, 0.5) is 0 Å². The summed E-state index contributed by atoms with van der Waals surface area (Å²) >= 11 is 3.65. The maximum atomic E-state index is 11.3. The van der Waals surface area contributed by atoms with E-state index in [4.69, 9.17) is 0 Å². The minimum atomic E-state index is 0.350. The fourth-order valence-electron chi connectivity index (χ4n) is 2.61. The second-order valence-electron chi connectivity index (χ2n) is 3.88. The van der Waals surface area contributed by atoms with E-state index in [0.29, 0.717) is 28.4 Å². The molecule has 2 saturated carbocycles. The molecule has 4 atom stereocenters. The van der Waals surface area contributed by atoms with Gasteiger partial charge in [0, 0.05) is 17.2 Å². The molecule has 0 spiro atoms. The van der Waals surface area contributed by atoms with Crippen molar-refractivity contribution in [3.8, 4) is 0 Å². The molecule has 2 heteroatoms. The summed E-state index contributed by atoms with van der Waals surface area (Å²) in [6.07, 6.45) is 3.36. The summed E-state index contributed by atoms with van der Waals surface area (Å²) in [4.78, 5) is 11.9. The minimum Gasteiger partial charge on any atom is -0.299 e. The van der Waals surface area contributed by atoms with E-state index in [2.05, 4.69) is 22.9 Å². The Balaban J connectivity index is 2.18. The standard InChI is InChI=1S/C9H13BrO/c1-5-6-2-3-8(10)7(6)4-9(5)11/h5-8H,2-4H2,1H3. The van der Waals surface area contributed by atoms with Crippen LogP contribution < -0.4 is 0 Å². The van der Waals surface area contributed by atoms with Crippen LogP contribution in [-0.2, 0) is 4.79 Å². The lowest BCUT2D eigenvalue weighted by Gasteiger charge is -2.12. The number of rotatable bonds is 0. The van der Waals surface area contributed by atoms with Crippen LogP contribution in [0, 0.1) is 17.8 Å². The normalized spacial score (nSPS) is 49.8. The summed E-state index contributed by atoms with van der Waals surface area (Å²) in [7, 11) is 0. The van der Waals surface area contributed by atoms with Crippen molar-refractivity contribution in [2.45, 2.75) is 31.0 Å². The van der Waals surface area contributed by atoms with Gasteiger partial charge in [0.1, 0.15) is 5.78 Å². The molecule has 62 valence electrons. The van der Waals surface area contributed by atoms with Crippen LogP contribution in [0.15, 0.2) is 0 Å². The molecular formula is C9H13BrO. The van der Waals surface area contributed by atoms with Crippen molar-refractivity contribution in [3.63, 3.8) is 0 Å². The van der Waals surface area contributed by atoms with Crippen LogP contribution in [-0.4, -0.2) is 10.6 Å². The summed E-state index contributed by atoms with van der Waals surface area (Å²) < 4.78 is 0. The lowest BCUT2D eigenvalue weighted by atomic mass is 9.94. The second kappa shape index (κ2) is 2.58. The Bertz CT molecular complexity index is 190. The molecule has 4 unspecified atom stereocenters. The summed E-state index contributed by atoms with van der Waals surface area (Å²) in [6, 6.07) is 0. The molecule has 2 rings (SSSR count). The Hall–Kier alpha value is 0.150. The number of ketones is 1. The van der Waals surface area contributed by atoms with Gasteiger partial charge in [-0.3, -0.25) is 4.79 Å². The molecule has 1 nitrogen and oxygen atoms in total. The molecule has 0 N–H and O–H groups in total. The molecule has 0 aromatic heterocycles. The van der Waals surface area contributed by atoms with Crippen molar-refractivity contribution in [2.24, 2.45) is 17.8 Å². The van der Waals surface area contributed by atoms with E-state index >= 15 is 0 Å². The lowest BCUT2D eigenvalue weighted by molar-refractivity contribution is -0.120. The van der Waals surface area contributed by atoms with Crippen molar-refractivity contribution < 1.29 is 4.79 Å². The van der Waals surface area contributed by atoms with Gasteiger partial charge in [0.2, 0.25) is 0 Å². The first kappa shape index (κ1) is 7.78. The van der Waals surface area contributed by atoms with E-state index in [1.54, 1.807) is 0 Å². The molecule has 0 radical (unpaired) electrons. The van der Waals surface area contributed by atoms with Crippen LogP contribution in [0.25, 0.3) is 0 Å². The molecule has 0 saturated heterocycles. The van der Waals surface area contributed by atoms with E-state index in [9.17, 15) is 4.79 Å². The van der Waals surface area contributed by atoms with Crippen LogP contribution in [0.3, 0.4) is 0 Å². The number of hydrogen-bond donors (Lipinski definition) is 0. The topological polar surface area (TPSA) is 17.1 Å². The van der Waals surface area contributed by atoms with Crippen molar-refractivity contribution in [2.75, 3.05) is 0 Å². The van der Waals surface area contributed by atoms with E-state index in [-0.39, 0.29) is 0 Å². The van der Waals surface area contributed by atoms with E-state index < -0.39 is 0 Å². The molecule has 11 heavy (non-hydrogen) atoms. The minimum absolute atomic E-state index is 0.350. The quantitative estimate of drug-likeness (QED) is 0.569. The molecule has 0 heterocycles. The van der Waals surface area contributed by atoms with Gasteiger partial charge in [0.25, 0.3) is 0 Å². The summed E-state index contributed by atoms with van der Waals surface area (Å²) in [6.45, 7) is 2.10. The zero-order valence-corrected chi connectivity index (χ0v) is 8.30. The largest absolute Gasteiger partial charge is 0.299 e. The third-order valence-corrected chi connectivity index (χ3v) is 4.51. The van der Waals surface area contributed by atoms with Crippen LogP contribution >= 0.6 is 15.9 Å². The lowest BCUT2D eigenvalue weighted by Crippen LogP contribution is -2.11. The van der Waals surface area contributed by atoms with Crippen molar-refractivity contribution in [1.82, 2.24) is 0 Å². The molecule has 0 aliphatic heterocycles. The fraction of sp³-hybridized carbons (Fsp3) is 0.889. The van der Waals surface area contributed by atoms with Gasteiger partial charge >= 0.3 is 0 Å². The average molecular weight is 217 g/mol. The molecular weight excluding hydrogens is 204 g/mol. The number of carbonyl (C=O) groups excluding carboxylic acids is 1. The summed E-state index contributed by atoms with van der Waals surface area (Å²) in [5.74, 6) is 2.20. The maximum absolute atomic E-state index is 11.3. The maximum Gasteiger partial charge on any atom is 0.136 e. The Morgan fingerprint density at radius 2 is 2.09 bits per heavy atom. The second-order valence-corrected chi connectivity index (χ2v) is 5.06. The predicted molar refractivity (Wildman–Crippen MR) is 47.7 cm³/mol. The zero-order chi connectivity index (χ0) is 8.01. The molecule has 2 aliphatic carbocycles. The molecule has 0 amide bonds. The van der Waals surface area contributed by atoms with Crippen molar-refractivity contribution in [1.29, 1.82) is 0 Å². The Morgan fingerprint density at radius 1 is 1.36 bits per heavy atom. The van der Waals surface area contributed by atoms with Gasteiger partial charge in [0.15, 0.2) is 0 Å². The number of halogens is 1. The van der Waals surface area contributed by atoms with Crippen LogP contribution in [0.1, 0.15) is 26.2 Å². The number of hydrogen-bond acceptors (Lipinski definition) is 1. The van der Waals surface area contributed by atoms with Gasteiger partial charge < -0.3 is 0 Å². The fourth-order valence-corrected chi connectivity index (χ4v) is 3.45. The van der Waals surface area contributed by atoms with Crippen molar-refractivity contribution >= 4 is 21.7 Å². The molecule has 0 aromatic rings. The number of fused-ring (bicyclic) bond motifs is 1. The first-order valence-electron chi connectivity index (χ1n) is 4.37. The highest BCUT2D eigenvalue weighted by Crippen LogP contribution is 2.48. The summed E-state index contributed by atoms with van der Waals surface area (Å²) in [5.41, 5.74) is 0. The first-order valence-corrected chi connectivity index (χ1v) is 5.28. The Kier molecular flexibility index (Phi) is 1.82. The smallest absolute Gasteiger partial charge is 0.136 e. The van der Waals surface area contributed by atoms with Crippen molar-refractivity contribution in [3.05, 3.63) is 0 Å². The number of Topliss-reactive ketones (excluding diaryl/α,β-unsaturated/α-hetero) is 1. The van der Waals surface area contributed by atoms with E-state index in [1.165, 1.54) is 12.8 Å². The highest BCUT2D eigenvalue weighted by atomic mass is 79.9. The van der Waals surface area contributed by atoms with Gasteiger partial charge in [-0.2, -0.15) is 0 Å². The highest BCUT2D eigenvalue weighted by molar-refractivity contribution is 9.09. The van der Waals surface area contributed by atoms with Gasteiger partial charge in [-0.05, 0) is 24.7 Å². The number of alkyl halides is 1. The Morgan fingerprint density at radius 3 is 2.73 bits per heavy atom. The monoisotopic (exact) mass is 216 g/mol. The first-order chi connectivity index (χ1) is 5.20.